The number of aromatic nitrogens is 3. The van der Waals surface area contributed by atoms with Gasteiger partial charge in [-0.15, -0.1) is 0 Å². The summed E-state index contributed by atoms with van der Waals surface area (Å²) in [5.41, 5.74) is 1.39. The minimum absolute atomic E-state index is 0.0797. The molecule has 1 aliphatic carbocycles. The molecule has 1 saturated carbocycles. The lowest BCUT2D eigenvalue weighted by molar-refractivity contribution is 0.103. The Morgan fingerprint density at radius 2 is 2.12 bits per heavy atom. The van der Waals surface area contributed by atoms with Gasteiger partial charge in [-0.25, -0.2) is 9.67 Å². The monoisotopic (exact) mass is 337 g/mol. The number of methoxy groups -OCH3 is 1. The molecule has 1 aliphatic rings. The van der Waals surface area contributed by atoms with Gasteiger partial charge < -0.3 is 9.84 Å². The Morgan fingerprint density at radius 3 is 2.84 bits per heavy atom. The Balaban J connectivity index is 1.71. The van der Waals surface area contributed by atoms with E-state index in [2.05, 4.69) is 17.0 Å². The molecule has 2 heterocycles. The molecule has 0 spiro atoms. The number of carbonyl (C=O) groups is 1. The number of carbonyl (C=O) groups excluding carboxylic acids is 1. The van der Waals surface area contributed by atoms with Gasteiger partial charge in [0.1, 0.15) is 11.5 Å². The third kappa shape index (κ3) is 2.73. The average Bonchev–Trinajstić information content (AvgIpc) is 3.40. The van der Waals surface area contributed by atoms with Gasteiger partial charge in [-0.3, -0.25) is 4.79 Å². The van der Waals surface area contributed by atoms with Gasteiger partial charge >= 0.3 is 0 Å². The zero-order valence-corrected chi connectivity index (χ0v) is 14.1. The normalized spacial score (nSPS) is 15.3. The van der Waals surface area contributed by atoms with Crippen LogP contribution in [-0.4, -0.2) is 32.8 Å². The van der Waals surface area contributed by atoms with Crippen LogP contribution in [0.15, 0.2) is 36.7 Å². The molecule has 0 saturated heterocycles. The Labute approximate surface area is 145 Å². The van der Waals surface area contributed by atoms with Crippen molar-refractivity contribution in [2.75, 3.05) is 7.11 Å². The maximum atomic E-state index is 12.8. The minimum Gasteiger partial charge on any atom is -0.507 e. The van der Waals surface area contributed by atoms with E-state index in [1.165, 1.54) is 32.1 Å². The van der Waals surface area contributed by atoms with Crippen LogP contribution < -0.4 is 4.74 Å². The number of hydrogen-bond donors (Lipinski definition) is 1. The molecule has 0 aliphatic heterocycles. The molecule has 6 heteroatoms. The molecular weight excluding hydrogens is 318 g/mol. The van der Waals surface area contributed by atoms with Crippen LogP contribution in [0.3, 0.4) is 0 Å². The van der Waals surface area contributed by atoms with Crippen molar-refractivity contribution >= 4 is 16.8 Å². The second kappa shape index (κ2) is 5.88. The van der Waals surface area contributed by atoms with Crippen molar-refractivity contribution in [3.63, 3.8) is 0 Å². The first-order valence-electron chi connectivity index (χ1n) is 8.33. The van der Waals surface area contributed by atoms with Gasteiger partial charge in [0, 0.05) is 17.1 Å². The Morgan fingerprint density at radius 1 is 1.32 bits per heavy atom. The van der Waals surface area contributed by atoms with Crippen molar-refractivity contribution in [3.8, 4) is 11.5 Å². The zero-order valence-electron chi connectivity index (χ0n) is 14.1. The van der Waals surface area contributed by atoms with Crippen LogP contribution in [0.1, 0.15) is 41.7 Å². The maximum absolute atomic E-state index is 12.8. The molecule has 0 unspecified atom stereocenters. The predicted octanol–water partition coefficient (Wildman–Crippen LogP) is 3.35. The highest BCUT2D eigenvalue weighted by atomic mass is 16.5. The molecule has 1 N–H and O–H groups in total. The van der Waals surface area contributed by atoms with E-state index in [0.717, 1.165) is 11.0 Å². The van der Waals surface area contributed by atoms with Crippen LogP contribution >= 0.6 is 0 Å². The summed E-state index contributed by atoms with van der Waals surface area (Å²) in [5.74, 6) is 0.805. The summed E-state index contributed by atoms with van der Waals surface area (Å²) >= 11 is 0. The summed E-state index contributed by atoms with van der Waals surface area (Å²) in [6.45, 7) is 2.15. The van der Waals surface area contributed by atoms with Crippen LogP contribution in [0, 0.1) is 5.92 Å². The van der Waals surface area contributed by atoms with Crippen molar-refractivity contribution in [2.24, 2.45) is 5.92 Å². The van der Waals surface area contributed by atoms with Crippen LogP contribution in [0.4, 0.5) is 0 Å². The number of phenols is 1. The van der Waals surface area contributed by atoms with Crippen molar-refractivity contribution in [3.05, 3.63) is 47.8 Å². The lowest BCUT2D eigenvalue weighted by Gasteiger charge is -2.11. The average molecular weight is 337 g/mol. The molecule has 2 aromatic heterocycles. The molecule has 3 aromatic rings. The third-order valence-corrected chi connectivity index (χ3v) is 4.83. The van der Waals surface area contributed by atoms with Crippen LogP contribution in [0.25, 0.3) is 11.0 Å². The lowest BCUT2D eigenvalue weighted by atomic mass is 10.0. The largest absolute Gasteiger partial charge is 0.507 e. The number of rotatable bonds is 5. The number of nitrogens with zero attached hydrogens (tertiary/aromatic N) is 3. The van der Waals surface area contributed by atoms with E-state index in [1.54, 1.807) is 24.5 Å². The summed E-state index contributed by atoms with van der Waals surface area (Å²) in [4.78, 5) is 17.2. The summed E-state index contributed by atoms with van der Waals surface area (Å²) in [6, 6.07) is 6.67. The van der Waals surface area contributed by atoms with Crippen molar-refractivity contribution < 1.29 is 14.6 Å². The summed E-state index contributed by atoms with van der Waals surface area (Å²) < 4.78 is 7.07. The first-order valence-corrected chi connectivity index (χ1v) is 8.33. The van der Waals surface area contributed by atoms with E-state index in [9.17, 15) is 9.90 Å². The van der Waals surface area contributed by atoms with E-state index in [-0.39, 0.29) is 17.1 Å². The van der Waals surface area contributed by atoms with Crippen LogP contribution in [0.2, 0.25) is 0 Å². The Hall–Kier alpha value is -2.89. The molecule has 1 atom stereocenters. The smallest absolute Gasteiger partial charge is 0.198 e. The number of fused-ring (bicyclic) bond motifs is 1. The van der Waals surface area contributed by atoms with E-state index >= 15 is 0 Å². The summed E-state index contributed by atoms with van der Waals surface area (Å²) in [5, 5.41) is 15.3. The molecule has 0 amide bonds. The highest BCUT2D eigenvalue weighted by molar-refractivity contribution is 6.11. The van der Waals surface area contributed by atoms with Gasteiger partial charge in [0.15, 0.2) is 11.4 Å². The van der Waals surface area contributed by atoms with Crippen molar-refractivity contribution in [1.29, 1.82) is 0 Å². The predicted molar refractivity (Wildman–Crippen MR) is 93.1 cm³/mol. The number of ether oxygens (including phenoxy) is 1. The van der Waals surface area contributed by atoms with Gasteiger partial charge in [-0.2, -0.15) is 5.10 Å². The number of phenolic OH excluding ortho intramolecular Hbond substituents is 1. The van der Waals surface area contributed by atoms with Crippen molar-refractivity contribution in [2.45, 2.75) is 25.8 Å². The summed E-state index contributed by atoms with van der Waals surface area (Å²) in [6.07, 6.45) is 5.74. The fourth-order valence-electron chi connectivity index (χ4n) is 3.12. The Bertz CT molecular complexity index is 960. The van der Waals surface area contributed by atoms with Gasteiger partial charge in [0.2, 0.25) is 0 Å². The standard InChI is InChI=1S/C19H19N3O3/c1-11(12-3-4-12)22-19-14(10-21-22)7-13(9-20-19)18(24)16-8-15(25-2)5-6-17(16)23/h5-12,23H,3-4H2,1-2H3/t11-/m0/s1. The quantitative estimate of drug-likeness (QED) is 0.723. The molecule has 4 rings (SSSR count). The number of pyridine rings is 1. The molecule has 1 fully saturated rings. The van der Waals surface area contributed by atoms with Gasteiger partial charge in [0.05, 0.1) is 24.9 Å². The molecule has 6 nitrogen and oxygen atoms in total. The van der Waals surface area contributed by atoms with Gasteiger partial charge in [-0.1, -0.05) is 0 Å². The highest BCUT2D eigenvalue weighted by Gasteiger charge is 2.30. The molecule has 1 aromatic carbocycles. The second-order valence-corrected chi connectivity index (χ2v) is 6.52. The maximum Gasteiger partial charge on any atom is 0.198 e. The fourth-order valence-corrected chi connectivity index (χ4v) is 3.12. The van der Waals surface area contributed by atoms with Crippen LogP contribution in [0.5, 0.6) is 11.5 Å². The van der Waals surface area contributed by atoms with E-state index in [1.807, 2.05) is 4.68 Å². The molecule has 128 valence electrons. The minimum atomic E-state index is -0.297. The number of ketones is 1. The van der Waals surface area contributed by atoms with Gasteiger partial charge in [0.25, 0.3) is 0 Å². The highest BCUT2D eigenvalue weighted by Crippen LogP contribution is 2.40. The molecule has 0 radical (unpaired) electrons. The van der Waals surface area contributed by atoms with Gasteiger partial charge in [-0.05, 0) is 49.9 Å². The molecular formula is C19H19N3O3. The molecule has 0 bridgehead atoms. The fraction of sp³-hybridized carbons (Fsp3) is 0.316. The Kier molecular flexibility index (Phi) is 3.67. The number of hydrogen-bond acceptors (Lipinski definition) is 5. The lowest BCUT2D eigenvalue weighted by Crippen LogP contribution is -2.09. The van der Waals surface area contributed by atoms with Crippen LogP contribution in [-0.2, 0) is 0 Å². The number of benzene rings is 1. The first-order chi connectivity index (χ1) is 12.1. The van der Waals surface area contributed by atoms with E-state index in [4.69, 9.17) is 4.74 Å². The van der Waals surface area contributed by atoms with E-state index in [0.29, 0.717) is 23.3 Å². The van der Waals surface area contributed by atoms with E-state index < -0.39 is 0 Å². The zero-order chi connectivity index (χ0) is 17.6. The summed E-state index contributed by atoms with van der Waals surface area (Å²) in [7, 11) is 1.52. The number of aromatic hydroxyl groups is 1. The second-order valence-electron chi connectivity index (χ2n) is 6.52. The molecule has 25 heavy (non-hydrogen) atoms. The third-order valence-electron chi connectivity index (χ3n) is 4.83. The van der Waals surface area contributed by atoms with Crippen molar-refractivity contribution in [1.82, 2.24) is 14.8 Å². The first kappa shape index (κ1) is 15.6. The SMILES string of the molecule is COc1ccc(O)c(C(=O)c2cnc3c(cnn3[C@@H](C)C3CC3)c2)c1. The topological polar surface area (TPSA) is 77.2 Å².